The summed E-state index contributed by atoms with van der Waals surface area (Å²) in [6.45, 7) is 0.629. The molecule has 1 atom stereocenters. The highest BCUT2D eigenvalue weighted by atomic mass is 16.4. The zero-order valence-corrected chi connectivity index (χ0v) is 10.5. The molecule has 0 spiro atoms. The number of carbonyl (C=O) groups excluding carboxylic acids is 1. The molecule has 1 saturated carbocycles. The van der Waals surface area contributed by atoms with Crippen LogP contribution >= 0.6 is 0 Å². The van der Waals surface area contributed by atoms with E-state index in [0.717, 1.165) is 5.56 Å². The molecule has 1 aromatic carbocycles. The molecule has 100 valence electrons. The summed E-state index contributed by atoms with van der Waals surface area (Å²) < 4.78 is 0. The number of benzene rings is 1. The highest BCUT2D eigenvalue weighted by Crippen LogP contribution is 2.43. The van der Waals surface area contributed by atoms with Gasteiger partial charge in [0, 0.05) is 6.54 Å². The van der Waals surface area contributed by atoms with Crippen LogP contribution in [-0.2, 0) is 9.59 Å². The fraction of sp³-hybridized carbons (Fsp3) is 0.429. The molecule has 0 radical (unpaired) electrons. The molecule has 5 heteroatoms. The lowest BCUT2D eigenvalue weighted by atomic mass is 10.0. The van der Waals surface area contributed by atoms with Crippen molar-refractivity contribution in [1.82, 2.24) is 10.2 Å². The number of carboxylic acids is 1. The molecule has 1 aromatic rings. The third-order valence-corrected chi connectivity index (χ3v) is 4.01. The first-order valence-electron chi connectivity index (χ1n) is 6.46. The zero-order valence-electron chi connectivity index (χ0n) is 10.5. The standard InChI is InChI=1S/C14H16N2O3/c17-12-8-15-11(10-4-2-1-3-5-10)9-16(12)14(6-7-14)13(18)19/h1-5,11,15H,6-9H2,(H,18,19)/t11-/m1/s1. The van der Waals surface area contributed by atoms with Gasteiger partial charge in [-0.05, 0) is 18.4 Å². The molecule has 19 heavy (non-hydrogen) atoms. The molecular formula is C14H16N2O3. The first-order valence-corrected chi connectivity index (χ1v) is 6.46. The Balaban J connectivity index is 1.82. The number of aliphatic carboxylic acids is 1. The molecule has 0 bridgehead atoms. The van der Waals surface area contributed by atoms with Crippen molar-refractivity contribution in [3.8, 4) is 0 Å². The van der Waals surface area contributed by atoms with Crippen molar-refractivity contribution in [3.05, 3.63) is 35.9 Å². The van der Waals surface area contributed by atoms with Crippen LogP contribution in [0.25, 0.3) is 0 Å². The van der Waals surface area contributed by atoms with Gasteiger partial charge in [0.05, 0.1) is 12.6 Å². The quantitative estimate of drug-likeness (QED) is 0.842. The molecule has 0 aromatic heterocycles. The predicted molar refractivity (Wildman–Crippen MR) is 68.5 cm³/mol. The van der Waals surface area contributed by atoms with E-state index in [9.17, 15) is 14.7 Å². The van der Waals surface area contributed by atoms with Gasteiger partial charge in [0.15, 0.2) is 0 Å². The van der Waals surface area contributed by atoms with E-state index in [1.807, 2.05) is 30.3 Å². The number of nitrogens with one attached hydrogen (secondary N) is 1. The lowest BCUT2D eigenvalue weighted by molar-refractivity contribution is -0.153. The van der Waals surface area contributed by atoms with Crippen molar-refractivity contribution < 1.29 is 14.7 Å². The molecule has 2 N–H and O–H groups in total. The van der Waals surface area contributed by atoms with Crippen LogP contribution in [0.2, 0.25) is 0 Å². The first kappa shape index (κ1) is 12.2. The summed E-state index contributed by atoms with van der Waals surface area (Å²) in [5.41, 5.74) is 0.146. The van der Waals surface area contributed by atoms with Crippen LogP contribution < -0.4 is 5.32 Å². The van der Waals surface area contributed by atoms with E-state index in [1.165, 1.54) is 0 Å². The Kier molecular flexibility index (Phi) is 2.78. The van der Waals surface area contributed by atoms with Crippen molar-refractivity contribution in [2.45, 2.75) is 24.4 Å². The van der Waals surface area contributed by atoms with E-state index in [0.29, 0.717) is 19.4 Å². The highest BCUT2D eigenvalue weighted by molar-refractivity contribution is 5.90. The van der Waals surface area contributed by atoms with E-state index in [4.69, 9.17) is 0 Å². The number of amides is 1. The highest BCUT2D eigenvalue weighted by Gasteiger charge is 2.57. The Morgan fingerprint density at radius 1 is 1.32 bits per heavy atom. The van der Waals surface area contributed by atoms with E-state index >= 15 is 0 Å². The number of carboxylic acid groups (broad SMARTS) is 1. The lowest BCUT2D eigenvalue weighted by Crippen LogP contribution is -2.57. The topological polar surface area (TPSA) is 69.6 Å². The van der Waals surface area contributed by atoms with Gasteiger partial charge in [-0.1, -0.05) is 30.3 Å². The van der Waals surface area contributed by atoms with Crippen LogP contribution in [0.5, 0.6) is 0 Å². The Morgan fingerprint density at radius 3 is 2.58 bits per heavy atom. The van der Waals surface area contributed by atoms with Gasteiger partial charge in [-0.15, -0.1) is 0 Å². The van der Waals surface area contributed by atoms with Crippen LogP contribution in [0, 0.1) is 0 Å². The number of piperazine rings is 1. The fourth-order valence-electron chi connectivity index (χ4n) is 2.69. The molecule has 1 aliphatic carbocycles. The number of carbonyl (C=O) groups is 2. The molecule has 5 nitrogen and oxygen atoms in total. The van der Waals surface area contributed by atoms with Gasteiger partial charge < -0.3 is 10.0 Å². The minimum atomic E-state index is -0.938. The summed E-state index contributed by atoms with van der Waals surface area (Å²) in [6, 6.07) is 9.83. The monoisotopic (exact) mass is 260 g/mol. The molecule has 1 heterocycles. The summed E-state index contributed by atoms with van der Waals surface area (Å²) in [5, 5.41) is 12.5. The van der Waals surface area contributed by atoms with Gasteiger partial charge in [0.25, 0.3) is 0 Å². The normalized spacial score (nSPS) is 25.2. The van der Waals surface area contributed by atoms with Crippen molar-refractivity contribution >= 4 is 11.9 Å². The molecule has 1 aliphatic heterocycles. The third-order valence-electron chi connectivity index (χ3n) is 4.01. The van der Waals surface area contributed by atoms with Gasteiger partial charge >= 0.3 is 5.97 Å². The average Bonchev–Trinajstić information content (AvgIpc) is 3.22. The van der Waals surface area contributed by atoms with Crippen molar-refractivity contribution in [2.24, 2.45) is 0 Å². The second-order valence-corrected chi connectivity index (χ2v) is 5.19. The van der Waals surface area contributed by atoms with Gasteiger partial charge in [-0.2, -0.15) is 0 Å². The van der Waals surface area contributed by atoms with E-state index in [-0.39, 0.29) is 18.5 Å². The number of nitrogens with zero attached hydrogens (tertiary/aromatic N) is 1. The number of hydrogen-bond acceptors (Lipinski definition) is 3. The maximum absolute atomic E-state index is 12.0. The molecule has 1 amide bonds. The number of rotatable bonds is 3. The van der Waals surface area contributed by atoms with Crippen molar-refractivity contribution in [2.75, 3.05) is 13.1 Å². The fourth-order valence-corrected chi connectivity index (χ4v) is 2.69. The summed E-state index contributed by atoms with van der Waals surface area (Å²) in [4.78, 5) is 24.9. The summed E-state index contributed by atoms with van der Waals surface area (Å²) in [6.07, 6.45) is 1.13. The zero-order chi connectivity index (χ0) is 13.5. The SMILES string of the molecule is O=C1CN[C@@H](c2ccccc2)CN1C1(C(=O)O)CC1. The van der Waals surface area contributed by atoms with Crippen LogP contribution in [0.15, 0.2) is 30.3 Å². The Morgan fingerprint density at radius 2 is 2.00 bits per heavy atom. The van der Waals surface area contributed by atoms with Crippen molar-refractivity contribution in [1.29, 1.82) is 0 Å². The largest absolute Gasteiger partial charge is 0.479 e. The van der Waals surface area contributed by atoms with Gasteiger partial charge in [0.2, 0.25) is 5.91 Å². The maximum atomic E-state index is 12.0. The molecular weight excluding hydrogens is 244 g/mol. The van der Waals surface area contributed by atoms with Gasteiger partial charge in [-0.25, -0.2) is 4.79 Å². The maximum Gasteiger partial charge on any atom is 0.329 e. The second kappa shape index (κ2) is 4.35. The average molecular weight is 260 g/mol. The Hall–Kier alpha value is -1.88. The minimum Gasteiger partial charge on any atom is -0.479 e. The molecule has 3 rings (SSSR count). The molecule has 2 fully saturated rings. The van der Waals surface area contributed by atoms with Gasteiger partial charge in [0.1, 0.15) is 5.54 Å². The molecule has 1 saturated heterocycles. The summed E-state index contributed by atoms with van der Waals surface area (Å²) in [5.74, 6) is -0.998. The molecule has 0 unspecified atom stereocenters. The van der Waals surface area contributed by atoms with Crippen LogP contribution in [0.4, 0.5) is 0 Å². The van der Waals surface area contributed by atoms with E-state index in [1.54, 1.807) is 4.90 Å². The predicted octanol–water partition coefficient (Wildman–Crippen LogP) is 0.777. The Bertz CT molecular complexity index is 511. The van der Waals surface area contributed by atoms with E-state index in [2.05, 4.69) is 5.32 Å². The van der Waals surface area contributed by atoms with E-state index < -0.39 is 11.5 Å². The smallest absolute Gasteiger partial charge is 0.329 e. The van der Waals surface area contributed by atoms with Gasteiger partial charge in [-0.3, -0.25) is 10.1 Å². The summed E-state index contributed by atoms with van der Waals surface area (Å²) in [7, 11) is 0. The number of hydrogen-bond donors (Lipinski definition) is 2. The third kappa shape index (κ3) is 2.00. The Labute approximate surface area is 111 Å². The minimum absolute atomic E-state index is 0.00993. The second-order valence-electron chi connectivity index (χ2n) is 5.19. The first-order chi connectivity index (χ1) is 9.13. The van der Waals surface area contributed by atoms with Crippen molar-refractivity contribution in [3.63, 3.8) is 0 Å². The molecule has 2 aliphatic rings. The van der Waals surface area contributed by atoms with Crippen LogP contribution in [0.1, 0.15) is 24.4 Å². The van der Waals surface area contributed by atoms with Crippen LogP contribution in [-0.4, -0.2) is 40.5 Å². The summed E-state index contributed by atoms with van der Waals surface area (Å²) >= 11 is 0. The lowest BCUT2D eigenvalue weighted by Gasteiger charge is -2.37. The van der Waals surface area contributed by atoms with Crippen LogP contribution in [0.3, 0.4) is 0 Å².